The number of carbonyl (C=O) groups excluding carboxylic acids is 1. The Bertz CT molecular complexity index is 845. The van der Waals surface area contributed by atoms with E-state index in [-0.39, 0.29) is 11.9 Å². The molecule has 0 spiro atoms. The van der Waals surface area contributed by atoms with Gasteiger partial charge in [0.05, 0.1) is 11.1 Å². The minimum Gasteiger partial charge on any atom is -0.349 e. The van der Waals surface area contributed by atoms with E-state index in [0.29, 0.717) is 16.4 Å². The van der Waals surface area contributed by atoms with Crippen molar-refractivity contribution in [2.45, 2.75) is 6.04 Å². The lowest BCUT2D eigenvalue weighted by atomic mass is 10.1. The van der Waals surface area contributed by atoms with E-state index in [2.05, 4.69) is 22.3 Å². The second kappa shape index (κ2) is 7.34. The van der Waals surface area contributed by atoms with Gasteiger partial charge in [0.1, 0.15) is 4.88 Å². The van der Waals surface area contributed by atoms with E-state index < -0.39 is 0 Å². The molecule has 0 aliphatic heterocycles. The van der Waals surface area contributed by atoms with Crippen LogP contribution in [-0.2, 0) is 0 Å². The van der Waals surface area contributed by atoms with Gasteiger partial charge in [-0.1, -0.05) is 60.1 Å². The molecule has 124 valence electrons. The number of likely N-dealkylation sites (N-methyl/N-ethyl adjacent to an activating group) is 1. The summed E-state index contributed by atoms with van der Waals surface area (Å²) in [6, 6.07) is 18.1. The minimum absolute atomic E-state index is 0.114. The molecule has 0 radical (unpaired) electrons. The Balaban J connectivity index is 1.77. The third-order valence-electron chi connectivity index (χ3n) is 4.00. The fourth-order valence-corrected chi connectivity index (χ4v) is 4.14. The van der Waals surface area contributed by atoms with Crippen molar-refractivity contribution in [2.24, 2.45) is 0 Å². The van der Waals surface area contributed by atoms with Crippen LogP contribution in [0.1, 0.15) is 21.3 Å². The number of halogens is 1. The van der Waals surface area contributed by atoms with Crippen LogP contribution in [0, 0.1) is 0 Å². The Morgan fingerprint density at radius 1 is 1.12 bits per heavy atom. The molecule has 2 aromatic carbocycles. The highest BCUT2D eigenvalue weighted by Crippen LogP contribution is 2.35. The zero-order valence-electron chi connectivity index (χ0n) is 13.6. The van der Waals surface area contributed by atoms with Gasteiger partial charge < -0.3 is 10.2 Å². The van der Waals surface area contributed by atoms with Crippen LogP contribution in [0.2, 0.25) is 5.02 Å². The first-order chi connectivity index (χ1) is 11.6. The molecule has 3 aromatic rings. The fourth-order valence-electron chi connectivity index (χ4n) is 2.70. The zero-order valence-corrected chi connectivity index (χ0v) is 15.2. The molecule has 0 aliphatic carbocycles. The summed E-state index contributed by atoms with van der Waals surface area (Å²) in [7, 11) is 4.02. The first-order valence-electron chi connectivity index (χ1n) is 7.74. The molecular formula is C19H19ClN2OS. The predicted molar refractivity (Wildman–Crippen MR) is 102 cm³/mol. The van der Waals surface area contributed by atoms with Gasteiger partial charge >= 0.3 is 0 Å². The SMILES string of the molecule is CN(C)[C@@H](CNC(=O)c1sc2ccccc2c1Cl)c1ccccc1. The summed E-state index contributed by atoms with van der Waals surface area (Å²) < 4.78 is 1.03. The molecule has 5 heteroatoms. The van der Waals surface area contributed by atoms with E-state index in [4.69, 9.17) is 11.6 Å². The number of rotatable bonds is 5. The van der Waals surface area contributed by atoms with E-state index in [1.54, 1.807) is 0 Å². The maximum atomic E-state index is 12.6. The van der Waals surface area contributed by atoms with E-state index >= 15 is 0 Å². The van der Waals surface area contributed by atoms with E-state index in [1.807, 2.05) is 56.6 Å². The predicted octanol–water partition coefficient (Wildman–Crippen LogP) is 4.59. The molecule has 3 rings (SSSR count). The number of hydrogen-bond acceptors (Lipinski definition) is 3. The molecule has 24 heavy (non-hydrogen) atoms. The van der Waals surface area contributed by atoms with E-state index in [9.17, 15) is 4.79 Å². The lowest BCUT2D eigenvalue weighted by Gasteiger charge is -2.25. The van der Waals surface area contributed by atoms with E-state index in [0.717, 1.165) is 10.1 Å². The molecule has 1 amide bonds. The topological polar surface area (TPSA) is 32.3 Å². The van der Waals surface area contributed by atoms with Crippen molar-refractivity contribution in [3.63, 3.8) is 0 Å². The molecule has 0 saturated carbocycles. The second-order valence-electron chi connectivity index (χ2n) is 5.84. The summed E-state index contributed by atoms with van der Waals surface area (Å²) in [5.74, 6) is -0.121. The number of carbonyl (C=O) groups is 1. The fraction of sp³-hybridized carbons (Fsp3) is 0.211. The van der Waals surface area contributed by atoms with Crippen molar-refractivity contribution >= 4 is 38.9 Å². The van der Waals surface area contributed by atoms with Crippen molar-refractivity contribution in [1.82, 2.24) is 10.2 Å². The van der Waals surface area contributed by atoms with Gasteiger partial charge in [-0.3, -0.25) is 4.79 Å². The average Bonchev–Trinajstić information content (AvgIpc) is 2.93. The molecule has 1 N–H and O–H groups in total. The summed E-state index contributed by atoms with van der Waals surface area (Å²) in [4.78, 5) is 15.3. The standard InChI is InChI=1S/C19H19ClN2OS/c1-22(2)15(13-8-4-3-5-9-13)12-21-19(23)18-17(20)14-10-6-7-11-16(14)24-18/h3-11,15H,12H2,1-2H3,(H,21,23)/t15-/m0/s1. The number of benzene rings is 2. The molecule has 3 nitrogen and oxygen atoms in total. The largest absolute Gasteiger partial charge is 0.349 e. The molecule has 1 aromatic heterocycles. The number of amides is 1. The first-order valence-corrected chi connectivity index (χ1v) is 8.94. The molecule has 0 bridgehead atoms. The number of nitrogens with one attached hydrogen (secondary N) is 1. The third kappa shape index (κ3) is 3.46. The summed E-state index contributed by atoms with van der Waals surface area (Å²) in [6.07, 6.45) is 0. The van der Waals surface area contributed by atoms with Crippen LogP contribution in [0.3, 0.4) is 0 Å². The van der Waals surface area contributed by atoms with Gasteiger partial charge in [0.25, 0.3) is 5.91 Å². The molecule has 1 heterocycles. The number of nitrogens with zero attached hydrogens (tertiary/aromatic N) is 1. The summed E-state index contributed by atoms with van der Waals surface area (Å²) in [6.45, 7) is 0.528. The number of thiophene rings is 1. The normalized spacial score (nSPS) is 12.5. The number of hydrogen-bond donors (Lipinski definition) is 1. The van der Waals surface area contributed by atoms with Crippen LogP contribution in [0.5, 0.6) is 0 Å². The first kappa shape index (κ1) is 17.0. The molecule has 0 saturated heterocycles. The van der Waals surface area contributed by atoms with Crippen molar-refractivity contribution in [2.75, 3.05) is 20.6 Å². The van der Waals surface area contributed by atoms with Gasteiger partial charge in [0, 0.05) is 16.6 Å². The summed E-state index contributed by atoms with van der Waals surface area (Å²) >= 11 is 7.82. The Morgan fingerprint density at radius 3 is 2.46 bits per heavy atom. The monoisotopic (exact) mass is 358 g/mol. The van der Waals surface area contributed by atoms with Crippen LogP contribution in [-0.4, -0.2) is 31.4 Å². The molecule has 0 unspecified atom stereocenters. The van der Waals surface area contributed by atoms with Crippen LogP contribution in [0.25, 0.3) is 10.1 Å². The van der Waals surface area contributed by atoms with Crippen LogP contribution >= 0.6 is 22.9 Å². The van der Waals surface area contributed by atoms with Gasteiger partial charge in [0.15, 0.2) is 0 Å². The van der Waals surface area contributed by atoms with Gasteiger partial charge in [0.2, 0.25) is 0 Å². The lowest BCUT2D eigenvalue weighted by Crippen LogP contribution is -2.34. The third-order valence-corrected chi connectivity index (χ3v) is 5.68. The molecular weight excluding hydrogens is 340 g/mol. The Kier molecular flexibility index (Phi) is 5.19. The Hall–Kier alpha value is -1.88. The van der Waals surface area contributed by atoms with E-state index in [1.165, 1.54) is 16.9 Å². The Labute approximate surface area is 150 Å². The highest BCUT2D eigenvalue weighted by molar-refractivity contribution is 7.21. The van der Waals surface area contributed by atoms with Gasteiger partial charge in [-0.25, -0.2) is 0 Å². The zero-order chi connectivity index (χ0) is 17.1. The average molecular weight is 359 g/mol. The smallest absolute Gasteiger partial charge is 0.262 e. The molecule has 0 fully saturated rings. The Morgan fingerprint density at radius 2 is 1.79 bits per heavy atom. The van der Waals surface area contributed by atoms with Crippen molar-refractivity contribution in [3.8, 4) is 0 Å². The van der Waals surface area contributed by atoms with Crippen LogP contribution in [0.4, 0.5) is 0 Å². The highest BCUT2D eigenvalue weighted by Gasteiger charge is 2.19. The summed E-state index contributed by atoms with van der Waals surface area (Å²) in [5.41, 5.74) is 1.17. The second-order valence-corrected chi connectivity index (χ2v) is 7.27. The van der Waals surface area contributed by atoms with Gasteiger partial charge in [-0.05, 0) is 25.7 Å². The maximum Gasteiger partial charge on any atom is 0.262 e. The lowest BCUT2D eigenvalue weighted by molar-refractivity contribution is 0.0946. The summed E-state index contributed by atoms with van der Waals surface area (Å²) in [5, 5.41) is 4.49. The van der Waals surface area contributed by atoms with Crippen LogP contribution < -0.4 is 5.32 Å². The van der Waals surface area contributed by atoms with Gasteiger partial charge in [-0.2, -0.15) is 0 Å². The minimum atomic E-state index is -0.121. The van der Waals surface area contributed by atoms with Crippen molar-refractivity contribution in [3.05, 3.63) is 70.1 Å². The van der Waals surface area contributed by atoms with Crippen molar-refractivity contribution < 1.29 is 4.79 Å². The van der Waals surface area contributed by atoms with Crippen molar-refractivity contribution in [1.29, 1.82) is 0 Å². The number of fused-ring (bicyclic) bond motifs is 1. The highest BCUT2D eigenvalue weighted by atomic mass is 35.5. The maximum absolute atomic E-state index is 12.6. The van der Waals surface area contributed by atoms with Gasteiger partial charge in [-0.15, -0.1) is 11.3 Å². The van der Waals surface area contributed by atoms with Crippen LogP contribution in [0.15, 0.2) is 54.6 Å². The quantitative estimate of drug-likeness (QED) is 0.723. The molecule has 1 atom stereocenters. The molecule has 0 aliphatic rings.